The van der Waals surface area contributed by atoms with E-state index in [4.69, 9.17) is 5.73 Å². The summed E-state index contributed by atoms with van der Waals surface area (Å²) in [5, 5.41) is 3.29. The Labute approximate surface area is 77.6 Å². The van der Waals surface area contributed by atoms with E-state index in [2.05, 4.69) is 15.3 Å². The smallest absolute Gasteiger partial charge is 0.144 e. The van der Waals surface area contributed by atoms with Crippen LogP contribution in [0.5, 0.6) is 0 Å². The van der Waals surface area contributed by atoms with Gasteiger partial charge in [-0.2, -0.15) is 0 Å². The third-order valence-corrected chi connectivity index (χ3v) is 2.34. The number of anilines is 1. The van der Waals surface area contributed by atoms with E-state index in [0.717, 1.165) is 11.7 Å². The molecule has 0 amide bonds. The molecule has 1 aromatic heterocycles. The summed E-state index contributed by atoms with van der Waals surface area (Å²) in [4.78, 5) is 8.13. The number of nitrogens with two attached hydrogens (primary N) is 1. The summed E-state index contributed by atoms with van der Waals surface area (Å²) in [6.07, 6.45) is 7.65. The van der Waals surface area contributed by atoms with Crippen molar-refractivity contribution in [1.29, 1.82) is 0 Å². The minimum absolute atomic E-state index is 0.372. The van der Waals surface area contributed by atoms with Crippen molar-refractivity contribution in [2.75, 3.05) is 11.9 Å². The summed E-state index contributed by atoms with van der Waals surface area (Å²) in [6, 6.07) is 0.372. The van der Waals surface area contributed by atoms with Crippen LogP contribution in [0.15, 0.2) is 18.6 Å². The molecule has 0 aliphatic heterocycles. The minimum atomic E-state index is 0.372. The Morgan fingerprint density at radius 1 is 1.54 bits per heavy atom. The van der Waals surface area contributed by atoms with Gasteiger partial charge in [0.1, 0.15) is 5.82 Å². The maximum atomic E-state index is 5.65. The molecule has 0 saturated heterocycles. The summed E-state index contributed by atoms with van der Waals surface area (Å²) in [6.45, 7) is 0.668. The topological polar surface area (TPSA) is 63.8 Å². The van der Waals surface area contributed by atoms with Gasteiger partial charge in [-0.25, -0.2) is 4.98 Å². The second-order valence-corrected chi connectivity index (χ2v) is 3.41. The molecule has 1 atom stereocenters. The zero-order valence-corrected chi connectivity index (χ0v) is 7.48. The first-order valence-electron chi connectivity index (χ1n) is 4.63. The molecule has 2 rings (SSSR count). The fourth-order valence-corrected chi connectivity index (χ4v) is 1.43. The third-order valence-electron chi connectivity index (χ3n) is 2.34. The number of rotatable bonds is 4. The normalized spacial score (nSPS) is 18.2. The quantitative estimate of drug-likeness (QED) is 0.709. The van der Waals surface area contributed by atoms with Crippen LogP contribution in [0.1, 0.15) is 12.8 Å². The summed E-state index contributed by atoms with van der Waals surface area (Å²) in [5.74, 6) is 1.57. The molecular weight excluding hydrogens is 164 g/mol. The van der Waals surface area contributed by atoms with Gasteiger partial charge in [-0.1, -0.05) is 0 Å². The number of nitrogens with zero attached hydrogens (tertiary/aromatic N) is 2. The zero-order valence-electron chi connectivity index (χ0n) is 7.48. The van der Waals surface area contributed by atoms with Crippen molar-refractivity contribution in [3.8, 4) is 0 Å². The number of nitrogens with one attached hydrogen (secondary N) is 1. The van der Waals surface area contributed by atoms with Crippen LogP contribution in [0.25, 0.3) is 0 Å². The van der Waals surface area contributed by atoms with E-state index in [9.17, 15) is 0 Å². The van der Waals surface area contributed by atoms with Crippen molar-refractivity contribution >= 4 is 5.82 Å². The van der Waals surface area contributed by atoms with Crippen molar-refractivity contribution in [2.24, 2.45) is 11.7 Å². The number of hydrogen-bond acceptors (Lipinski definition) is 4. The van der Waals surface area contributed by atoms with E-state index in [0.29, 0.717) is 12.6 Å². The first-order valence-corrected chi connectivity index (χ1v) is 4.63. The van der Waals surface area contributed by atoms with Gasteiger partial charge in [0.15, 0.2) is 0 Å². The van der Waals surface area contributed by atoms with Gasteiger partial charge >= 0.3 is 0 Å². The van der Waals surface area contributed by atoms with E-state index < -0.39 is 0 Å². The van der Waals surface area contributed by atoms with Gasteiger partial charge in [0.2, 0.25) is 0 Å². The van der Waals surface area contributed by atoms with Gasteiger partial charge in [-0.15, -0.1) is 0 Å². The highest BCUT2D eigenvalue weighted by molar-refractivity contribution is 5.32. The molecule has 1 aromatic rings. The molecule has 1 fully saturated rings. The van der Waals surface area contributed by atoms with Crippen LogP contribution >= 0.6 is 0 Å². The Bertz CT molecular complexity index is 258. The van der Waals surface area contributed by atoms with Gasteiger partial charge in [-0.05, 0) is 18.8 Å². The standard InChI is InChI=1S/C9H14N4/c10-5-8(7-1-2-7)13-9-6-11-3-4-12-9/h3-4,6-8H,1-2,5,10H2,(H,12,13). The minimum Gasteiger partial charge on any atom is -0.365 e. The Hall–Kier alpha value is -1.16. The molecule has 13 heavy (non-hydrogen) atoms. The Morgan fingerprint density at radius 3 is 2.92 bits per heavy atom. The largest absolute Gasteiger partial charge is 0.365 e. The van der Waals surface area contributed by atoms with E-state index in [1.165, 1.54) is 12.8 Å². The van der Waals surface area contributed by atoms with Crippen LogP contribution in [0.2, 0.25) is 0 Å². The van der Waals surface area contributed by atoms with Crippen LogP contribution in [0, 0.1) is 5.92 Å². The summed E-state index contributed by atoms with van der Waals surface area (Å²) < 4.78 is 0. The Kier molecular flexibility index (Phi) is 2.40. The Balaban J connectivity index is 1.95. The van der Waals surface area contributed by atoms with Crippen molar-refractivity contribution in [2.45, 2.75) is 18.9 Å². The molecule has 70 valence electrons. The molecule has 0 spiro atoms. The molecule has 1 aliphatic carbocycles. The number of hydrogen-bond donors (Lipinski definition) is 2. The molecule has 0 radical (unpaired) electrons. The molecule has 1 aliphatic rings. The van der Waals surface area contributed by atoms with Crippen molar-refractivity contribution < 1.29 is 0 Å². The lowest BCUT2D eigenvalue weighted by molar-refractivity contribution is 0.642. The highest BCUT2D eigenvalue weighted by Gasteiger charge is 2.30. The predicted octanol–water partition coefficient (Wildman–Crippen LogP) is 0.626. The van der Waals surface area contributed by atoms with Gasteiger partial charge in [0, 0.05) is 25.0 Å². The molecule has 4 heteroatoms. The van der Waals surface area contributed by atoms with Gasteiger partial charge in [0.25, 0.3) is 0 Å². The lowest BCUT2D eigenvalue weighted by atomic mass is 10.2. The maximum absolute atomic E-state index is 5.65. The lowest BCUT2D eigenvalue weighted by Crippen LogP contribution is -2.31. The molecule has 1 saturated carbocycles. The summed E-state index contributed by atoms with van der Waals surface area (Å²) in [7, 11) is 0. The van der Waals surface area contributed by atoms with Crippen LogP contribution < -0.4 is 11.1 Å². The van der Waals surface area contributed by atoms with E-state index in [-0.39, 0.29) is 0 Å². The average Bonchev–Trinajstić information content (AvgIpc) is 2.99. The van der Waals surface area contributed by atoms with Crippen LogP contribution in [-0.4, -0.2) is 22.6 Å². The molecule has 0 bridgehead atoms. The van der Waals surface area contributed by atoms with Gasteiger partial charge < -0.3 is 11.1 Å². The first kappa shape index (κ1) is 8.44. The summed E-state index contributed by atoms with van der Waals surface area (Å²) in [5.41, 5.74) is 5.65. The molecule has 0 aromatic carbocycles. The third kappa shape index (κ3) is 2.15. The average molecular weight is 178 g/mol. The molecule has 4 nitrogen and oxygen atoms in total. The SMILES string of the molecule is NCC(Nc1cnccn1)C1CC1. The maximum Gasteiger partial charge on any atom is 0.144 e. The van der Waals surface area contributed by atoms with Gasteiger partial charge in [0.05, 0.1) is 6.20 Å². The van der Waals surface area contributed by atoms with E-state index >= 15 is 0 Å². The highest BCUT2D eigenvalue weighted by atomic mass is 15.0. The zero-order chi connectivity index (χ0) is 9.10. The molecule has 1 heterocycles. The fourth-order valence-electron chi connectivity index (χ4n) is 1.43. The van der Waals surface area contributed by atoms with Crippen molar-refractivity contribution in [3.63, 3.8) is 0 Å². The number of aromatic nitrogens is 2. The van der Waals surface area contributed by atoms with Crippen molar-refractivity contribution in [3.05, 3.63) is 18.6 Å². The second-order valence-electron chi connectivity index (χ2n) is 3.41. The predicted molar refractivity (Wildman–Crippen MR) is 51.2 cm³/mol. The molecule has 1 unspecified atom stereocenters. The van der Waals surface area contributed by atoms with Crippen LogP contribution in [0.4, 0.5) is 5.82 Å². The highest BCUT2D eigenvalue weighted by Crippen LogP contribution is 2.33. The summed E-state index contributed by atoms with van der Waals surface area (Å²) >= 11 is 0. The molecular formula is C9H14N4. The molecule has 3 N–H and O–H groups in total. The van der Waals surface area contributed by atoms with Gasteiger partial charge in [-0.3, -0.25) is 4.98 Å². The van der Waals surface area contributed by atoms with Crippen molar-refractivity contribution in [1.82, 2.24) is 9.97 Å². The van der Waals surface area contributed by atoms with E-state index in [1.807, 2.05) is 0 Å². The van der Waals surface area contributed by atoms with E-state index in [1.54, 1.807) is 18.6 Å². The Morgan fingerprint density at radius 2 is 2.38 bits per heavy atom. The lowest BCUT2D eigenvalue weighted by Gasteiger charge is -2.15. The first-order chi connectivity index (χ1) is 6.40. The van der Waals surface area contributed by atoms with Crippen LogP contribution in [-0.2, 0) is 0 Å². The second kappa shape index (κ2) is 3.70. The fraction of sp³-hybridized carbons (Fsp3) is 0.556. The van der Waals surface area contributed by atoms with Crippen LogP contribution in [0.3, 0.4) is 0 Å². The monoisotopic (exact) mass is 178 g/mol.